The molecule has 17 heavy (non-hydrogen) atoms. The largest absolute Gasteiger partial charge is 0.317 e. The summed E-state index contributed by atoms with van der Waals surface area (Å²) in [5.41, 5.74) is 0. The molecule has 0 bridgehead atoms. The molecule has 0 aromatic rings. The van der Waals surface area contributed by atoms with Crippen LogP contribution >= 0.6 is 0 Å². The monoisotopic (exact) mass is 240 g/mol. The van der Waals surface area contributed by atoms with Crippen LogP contribution in [0.25, 0.3) is 0 Å². The smallest absolute Gasteiger partial charge is 0.00669 e. The van der Waals surface area contributed by atoms with Gasteiger partial charge in [0, 0.05) is 6.04 Å². The van der Waals surface area contributed by atoms with Gasteiger partial charge in [-0.1, -0.05) is 32.6 Å². The lowest BCUT2D eigenvalue weighted by Gasteiger charge is -2.33. The van der Waals surface area contributed by atoms with Crippen LogP contribution in [-0.2, 0) is 0 Å². The zero-order valence-corrected chi connectivity index (χ0v) is 12.0. The summed E-state index contributed by atoms with van der Waals surface area (Å²) in [5.74, 6) is 0. The zero-order chi connectivity index (χ0) is 12.3. The molecule has 1 rings (SSSR count). The van der Waals surface area contributed by atoms with Crippen molar-refractivity contribution in [2.24, 2.45) is 0 Å². The molecule has 1 unspecified atom stereocenters. The van der Waals surface area contributed by atoms with E-state index in [1.807, 2.05) is 0 Å². The van der Waals surface area contributed by atoms with Gasteiger partial charge < -0.3 is 10.2 Å². The molecule has 0 saturated carbocycles. The van der Waals surface area contributed by atoms with Crippen LogP contribution in [0.4, 0.5) is 0 Å². The van der Waals surface area contributed by atoms with Gasteiger partial charge in [-0.05, 0) is 58.8 Å². The van der Waals surface area contributed by atoms with E-state index >= 15 is 0 Å². The summed E-state index contributed by atoms with van der Waals surface area (Å²) in [6.45, 7) is 9.70. The van der Waals surface area contributed by atoms with Crippen LogP contribution < -0.4 is 5.32 Å². The number of hydrogen-bond acceptors (Lipinski definition) is 2. The van der Waals surface area contributed by atoms with Crippen LogP contribution in [0.5, 0.6) is 0 Å². The summed E-state index contributed by atoms with van der Waals surface area (Å²) in [6.07, 6.45) is 11.1. The third-order valence-electron chi connectivity index (χ3n) is 3.95. The van der Waals surface area contributed by atoms with E-state index in [2.05, 4.69) is 24.1 Å². The van der Waals surface area contributed by atoms with Crippen molar-refractivity contribution in [3.05, 3.63) is 0 Å². The van der Waals surface area contributed by atoms with Gasteiger partial charge in [0.2, 0.25) is 0 Å². The number of rotatable bonds is 9. The van der Waals surface area contributed by atoms with Crippen molar-refractivity contribution < 1.29 is 0 Å². The minimum atomic E-state index is 0.827. The molecule has 0 aromatic carbocycles. The van der Waals surface area contributed by atoms with Gasteiger partial charge in [0.1, 0.15) is 0 Å². The lowest BCUT2D eigenvalue weighted by molar-refractivity contribution is 0.159. The molecule has 1 saturated heterocycles. The maximum atomic E-state index is 3.57. The van der Waals surface area contributed by atoms with E-state index in [9.17, 15) is 0 Å². The Morgan fingerprint density at radius 1 is 1.06 bits per heavy atom. The van der Waals surface area contributed by atoms with Crippen molar-refractivity contribution >= 4 is 0 Å². The van der Waals surface area contributed by atoms with Crippen LogP contribution in [0, 0.1) is 0 Å². The molecule has 0 amide bonds. The van der Waals surface area contributed by atoms with Gasteiger partial charge in [0.25, 0.3) is 0 Å². The van der Waals surface area contributed by atoms with Gasteiger partial charge in [0.05, 0.1) is 0 Å². The summed E-state index contributed by atoms with van der Waals surface area (Å²) in [5, 5.41) is 3.57. The molecule has 1 aliphatic rings. The quantitative estimate of drug-likeness (QED) is 0.621. The molecule has 0 aromatic heterocycles. The molecule has 1 atom stereocenters. The molecular formula is C15H32N2. The Morgan fingerprint density at radius 2 is 1.88 bits per heavy atom. The second kappa shape index (κ2) is 9.90. The van der Waals surface area contributed by atoms with Gasteiger partial charge >= 0.3 is 0 Å². The molecule has 2 heteroatoms. The highest BCUT2D eigenvalue weighted by atomic mass is 15.2. The van der Waals surface area contributed by atoms with Crippen LogP contribution in [0.15, 0.2) is 0 Å². The molecule has 102 valence electrons. The van der Waals surface area contributed by atoms with E-state index in [0.29, 0.717) is 0 Å². The number of hydrogen-bond donors (Lipinski definition) is 1. The van der Waals surface area contributed by atoms with Crippen LogP contribution in [0.3, 0.4) is 0 Å². The predicted octanol–water partition coefficient (Wildman–Crippen LogP) is 3.42. The van der Waals surface area contributed by atoms with Gasteiger partial charge in [-0.3, -0.25) is 0 Å². The lowest BCUT2D eigenvalue weighted by atomic mass is 10.0. The van der Waals surface area contributed by atoms with Crippen LogP contribution in [0.1, 0.15) is 65.2 Å². The Hall–Kier alpha value is -0.0800. The highest BCUT2D eigenvalue weighted by molar-refractivity contribution is 4.72. The zero-order valence-electron chi connectivity index (χ0n) is 12.0. The van der Waals surface area contributed by atoms with Gasteiger partial charge in [-0.15, -0.1) is 0 Å². The Labute approximate surface area is 108 Å². The summed E-state index contributed by atoms with van der Waals surface area (Å²) in [7, 11) is 0. The normalized spacial score (nSPS) is 21.9. The first kappa shape index (κ1) is 15.0. The number of piperidine rings is 1. The Bertz CT molecular complexity index is 170. The molecule has 2 nitrogen and oxygen atoms in total. The highest BCUT2D eigenvalue weighted by Crippen LogP contribution is 2.15. The third-order valence-corrected chi connectivity index (χ3v) is 3.95. The van der Waals surface area contributed by atoms with E-state index in [1.54, 1.807) is 0 Å². The second-order valence-electron chi connectivity index (χ2n) is 5.54. The third kappa shape index (κ3) is 7.05. The number of likely N-dealkylation sites (tertiary alicyclic amines) is 1. The summed E-state index contributed by atoms with van der Waals surface area (Å²) >= 11 is 0. The van der Waals surface area contributed by atoms with Crippen molar-refractivity contribution in [2.45, 2.75) is 71.3 Å². The standard InChI is InChI=1S/C15H32N2/c1-3-4-5-7-11-16-12-9-14-17-13-8-6-10-15(17)2/h15-16H,3-14H2,1-2H3. The van der Waals surface area contributed by atoms with E-state index in [0.717, 1.165) is 6.04 Å². The average molecular weight is 240 g/mol. The maximum absolute atomic E-state index is 3.57. The topological polar surface area (TPSA) is 15.3 Å². The van der Waals surface area contributed by atoms with E-state index in [1.165, 1.54) is 77.5 Å². The number of nitrogens with one attached hydrogen (secondary N) is 1. The van der Waals surface area contributed by atoms with Crippen molar-refractivity contribution in [3.8, 4) is 0 Å². The molecule has 1 aliphatic heterocycles. The van der Waals surface area contributed by atoms with Gasteiger partial charge in [-0.25, -0.2) is 0 Å². The van der Waals surface area contributed by atoms with E-state index in [-0.39, 0.29) is 0 Å². The average Bonchev–Trinajstić information content (AvgIpc) is 2.35. The fraction of sp³-hybridized carbons (Fsp3) is 1.00. The van der Waals surface area contributed by atoms with Crippen LogP contribution in [-0.4, -0.2) is 37.1 Å². The molecule has 0 radical (unpaired) electrons. The first-order valence-electron chi connectivity index (χ1n) is 7.79. The Balaban J connectivity index is 1.86. The van der Waals surface area contributed by atoms with E-state index in [4.69, 9.17) is 0 Å². The minimum absolute atomic E-state index is 0.827. The highest BCUT2D eigenvalue weighted by Gasteiger charge is 2.16. The first-order chi connectivity index (χ1) is 8.34. The van der Waals surface area contributed by atoms with Crippen molar-refractivity contribution in [2.75, 3.05) is 26.2 Å². The summed E-state index contributed by atoms with van der Waals surface area (Å²) in [4.78, 5) is 2.67. The lowest BCUT2D eigenvalue weighted by Crippen LogP contribution is -2.38. The van der Waals surface area contributed by atoms with Gasteiger partial charge in [0.15, 0.2) is 0 Å². The summed E-state index contributed by atoms with van der Waals surface area (Å²) in [6, 6.07) is 0.827. The SMILES string of the molecule is CCCCCCNCCCN1CCCCC1C. The molecule has 1 fully saturated rings. The Morgan fingerprint density at radius 3 is 2.65 bits per heavy atom. The Kier molecular flexibility index (Phi) is 8.72. The fourth-order valence-corrected chi connectivity index (χ4v) is 2.70. The number of unbranched alkanes of at least 4 members (excludes halogenated alkanes) is 3. The van der Waals surface area contributed by atoms with Crippen molar-refractivity contribution in [1.82, 2.24) is 10.2 Å². The molecule has 0 aliphatic carbocycles. The maximum Gasteiger partial charge on any atom is 0.00669 e. The number of nitrogens with zero attached hydrogens (tertiary/aromatic N) is 1. The fourth-order valence-electron chi connectivity index (χ4n) is 2.70. The molecule has 1 heterocycles. The minimum Gasteiger partial charge on any atom is -0.317 e. The molecule has 0 spiro atoms. The molecule has 1 N–H and O–H groups in total. The van der Waals surface area contributed by atoms with E-state index < -0.39 is 0 Å². The second-order valence-corrected chi connectivity index (χ2v) is 5.54. The first-order valence-corrected chi connectivity index (χ1v) is 7.79. The predicted molar refractivity (Wildman–Crippen MR) is 76.5 cm³/mol. The summed E-state index contributed by atoms with van der Waals surface area (Å²) < 4.78 is 0. The van der Waals surface area contributed by atoms with Crippen LogP contribution in [0.2, 0.25) is 0 Å². The van der Waals surface area contributed by atoms with Gasteiger partial charge in [-0.2, -0.15) is 0 Å². The molecular weight excluding hydrogens is 208 g/mol. The van der Waals surface area contributed by atoms with Crippen molar-refractivity contribution in [3.63, 3.8) is 0 Å². The van der Waals surface area contributed by atoms with Crippen molar-refractivity contribution in [1.29, 1.82) is 0 Å².